The minimum absolute atomic E-state index is 0.261. The maximum Gasteiger partial charge on any atom is 0.299 e. The molecule has 0 aliphatic heterocycles. The molecule has 0 aliphatic rings. The summed E-state index contributed by atoms with van der Waals surface area (Å²) in [5.41, 5.74) is 2.96. The molecule has 8 heteroatoms. The standard InChI is InChI=1S/C18H14ClN5OS/c1-10-17(18(25)24(23-10)14-6-3-12(19)4-7-14)22-21-13-5-8-15-16(9-13)26-11(2)20-15/h3-9,23H,1-2H3. The van der Waals surface area contributed by atoms with E-state index in [9.17, 15) is 4.79 Å². The Hall–Kier alpha value is -2.77. The highest BCUT2D eigenvalue weighted by Crippen LogP contribution is 2.27. The van der Waals surface area contributed by atoms with Gasteiger partial charge in [0.25, 0.3) is 5.56 Å². The molecule has 26 heavy (non-hydrogen) atoms. The fraction of sp³-hybridized carbons (Fsp3) is 0.111. The predicted octanol–water partition coefficient (Wildman–Crippen LogP) is 5.46. The van der Waals surface area contributed by atoms with Crippen molar-refractivity contribution in [3.05, 3.63) is 68.5 Å². The first-order chi connectivity index (χ1) is 12.5. The van der Waals surface area contributed by atoms with Crippen LogP contribution in [0.4, 0.5) is 11.4 Å². The van der Waals surface area contributed by atoms with Gasteiger partial charge in [0.2, 0.25) is 0 Å². The van der Waals surface area contributed by atoms with Crippen molar-refractivity contribution in [3.63, 3.8) is 0 Å². The van der Waals surface area contributed by atoms with E-state index in [1.807, 2.05) is 25.1 Å². The molecule has 2 heterocycles. The van der Waals surface area contributed by atoms with Crippen molar-refractivity contribution in [1.29, 1.82) is 0 Å². The van der Waals surface area contributed by atoms with Crippen LogP contribution in [0.25, 0.3) is 15.9 Å². The van der Waals surface area contributed by atoms with Crippen LogP contribution in [0.15, 0.2) is 57.5 Å². The van der Waals surface area contributed by atoms with E-state index in [0.29, 0.717) is 22.1 Å². The molecule has 0 bridgehead atoms. The molecule has 2 aromatic heterocycles. The van der Waals surface area contributed by atoms with E-state index >= 15 is 0 Å². The summed E-state index contributed by atoms with van der Waals surface area (Å²) in [4.78, 5) is 17.1. The van der Waals surface area contributed by atoms with Gasteiger partial charge in [-0.3, -0.25) is 9.89 Å². The second-order valence-corrected chi connectivity index (χ2v) is 7.46. The van der Waals surface area contributed by atoms with Gasteiger partial charge in [0, 0.05) is 5.02 Å². The van der Waals surface area contributed by atoms with Gasteiger partial charge in [0.05, 0.1) is 32.3 Å². The average Bonchev–Trinajstić information content (AvgIpc) is 3.12. The van der Waals surface area contributed by atoms with Crippen molar-refractivity contribution in [2.24, 2.45) is 10.2 Å². The number of hydrogen-bond donors (Lipinski definition) is 1. The van der Waals surface area contributed by atoms with Crippen LogP contribution in [-0.4, -0.2) is 14.8 Å². The van der Waals surface area contributed by atoms with Gasteiger partial charge < -0.3 is 0 Å². The molecule has 0 saturated carbocycles. The maximum atomic E-state index is 12.6. The van der Waals surface area contributed by atoms with E-state index in [2.05, 4.69) is 20.3 Å². The zero-order chi connectivity index (χ0) is 18.3. The Morgan fingerprint density at radius 2 is 1.88 bits per heavy atom. The first-order valence-electron chi connectivity index (χ1n) is 7.88. The monoisotopic (exact) mass is 383 g/mol. The Morgan fingerprint density at radius 3 is 2.65 bits per heavy atom. The summed E-state index contributed by atoms with van der Waals surface area (Å²) in [6.07, 6.45) is 0. The SMILES string of the molecule is Cc1nc2ccc(N=Nc3c(C)[nH]n(-c4ccc(Cl)cc4)c3=O)cc2s1. The molecule has 0 unspecified atom stereocenters. The average molecular weight is 384 g/mol. The van der Waals surface area contributed by atoms with Crippen LogP contribution in [0.2, 0.25) is 5.02 Å². The number of nitrogens with one attached hydrogen (secondary N) is 1. The first-order valence-corrected chi connectivity index (χ1v) is 9.07. The molecule has 2 aromatic carbocycles. The summed E-state index contributed by atoms with van der Waals surface area (Å²) in [5.74, 6) is 0. The molecule has 6 nitrogen and oxygen atoms in total. The largest absolute Gasteiger partial charge is 0.299 e. The molecule has 0 saturated heterocycles. The maximum absolute atomic E-state index is 12.6. The van der Waals surface area contributed by atoms with Gasteiger partial charge in [-0.2, -0.15) is 5.11 Å². The summed E-state index contributed by atoms with van der Waals surface area (Å²) in [6, 6.07) is 12.7. The molecule has 4 rings (SSSR count). The highest BCUT2D eigenvalue weighted by atomic mass is 35.5. The number of rotatable bonds is 3. The lowest BCUT2D eigenvalue weighted by Gasteiger charge is -2.00. The summed E-state index contributed by atoms with van der Waals surface area (Å²) in [7, 11) is 0. The number of H-pyrrole nitrogens is 1. The molecule has 0 atom stereocenters. The van der Waals surface area contributed by atoms with Crippen LogP contribution in [0.3, 0.4) is 0 Å². The normalized spacial score (nSPS) is 11.7. The van der Waals surface area contributed by atoms with Crippen LogP contribution in [0.1, 0.15) is 10.7 Å². The highest BCUT2D eigenvalue weighted by Gasteiger charge is 2.12. The Labute approximate surface area is 157 Å². The van der Waals surface area contributed by atoms with E-state index in [1.54, 1.807) is 42.5 Å². The molecule has 130 valence electrons. The number of hydrogen-bond acceptors (Lipinski definition) is 5. The van der Waals surface area contributed by atoms with Crippen molar-refractivity contribution >= 4 is 44.5 Å². The number of nitrogens with zero attached hydrogens (tertiary/aromatic N) is 4. The fourth-order valence-corrected chi connectivity index (χ4v) is 3.61. The Balaban J connectivity index is 1.70. The van der Waals surface area contributed by atoms with Gasteiger partial charge in [-0.25, -0.2) is 9.67 Å². The third-order valence-corrected chi connectivity index (χ3v) is 5.06. The van der Waals surface area contributed by atoms with Crippen LogP contribution in [0.5, 0.6) is 0 Å². The molecule has 0 amide bonds. The van der Waals surface area contributed by atoms with Crippen molar-refractivity contribution < 1.29 is 0 Å². The van der Waals surface area contributed by atoms with E-state index in [0.717, 1.165) is 15.2 Å². The number of azo groups is 1. The predicted molar refractivity (Wildman–Crippen MR) is 105 cm³/mol. The number of aromatic nitrogens is 3. The van der Waals surface area contributed by atoms with Gasteiger partial charge in [0.1, 0.15) is 0 Å². The van der Waals surface area contributed by atoms with E-state index in [1.165, 1.54) is 4.68 Å². The van der Waals surface area contributed by atoms with Crippen LogP contribution < -0.4 is 5.56 Å². The topological polar surface area (TPSA) is 75.4 Å². The van der Waals surface area contributed by atoms with Crippen LogP contribution >= 0.6 is 22.9 Å². The second-order valence-electron chi connectivity index (χ2n) is 5.79. The number of halogens is 1. The third-order valence-electron chi connectivity index (χ3n) is 3.87. The quantitative estimate of drug-likeness (QED) is 0.477. The molecular formula is C18H14ClN5OS. The minimum Gasteiger partial charge on any atom is -0.293 e. The van der Waals surface area contributed by atoms with E-state index < -0.39 is 0 Å². The highest BCUT2D eigenvalue weighted by molar-refractivity contribution is 7.18. The van der Waals surface area contributed by atoms with Crippen molar-refractivity contribution in [2.45, 2.75) is 13.8 Å². The summed E-state index contributed by atoms with van der Waals surface area (Å²) in [6.45, 7) is 3.76. The molecule has 4 aromatic rings. The molecule has 0 radical (unpaired) electrons. The molecule has 0 spiro atoms. The number of fused-ring (bicyclic) bond motifs is 1. The lowest BCUT2D eigenvalue weighted by molar-refractivity contribution is 0.835. The Morgan fingerprint density at radius 1 is 1.12 bits per heavy atom. The summed E-state index contributed by atoms with van der Waals surface area (Å²) >= 11 is 7.50. The molecule has 0 aliphatic carbocycles. The van der Waals surface area contributed by atoms with Crippen LogP contribution in [-0.2, 0) is 0 Å². The van der Waals surface area contributed by atoms with Crippen molar-refractivity contribution in [2.75, 3.05) is 0 Å². The van der Waals surface area contributed by atoms with Crippen molar-refractivity contribution in [3.8, 4) is 5.69 Å². The van der Waals surface area contributed by atoms with Gasteiger partial charge in [-0.05, 0) is 56.3 Å². The third kappa shape index (κ3) is 3.07. The van der Waals surface area contributed by atoms with Gasteiger partial charge in [-0.1, -0.05) is 11.6 Å². The number of benzene rings is 2. The second kappa shape index (κ2) is 6.51. The molecular weight excluding hydrogens is 370 g/mol. The zero-order valence-corrected chi connectivity index (χ0v) is 15.6. The lowest BCUT2D eigenvalue weighted by atomic mass is 10.3. The van der Waals surface area contributed by atoms with Gasteiger partial charge in [-0.15, -0.1) is 16.5 Å². The van der Waals surface area contributed by atoms with E-state index in [-0.39, 0.29) is 11.2 Å². The Bertz CT molecular complexity index is 1190. The first kappa shape index (κ1) is 16.7. The Kier molecular flexibility index (Phi) is 4.18. The number of aromatic amines is 1. The number of aryl methyl sites for hydroxylation is 2. The molecule has 1 N–H and O–H groups in total. The van der Waals surface area contributed by atoms with Crippen molar-refractivity contribution in [1.82, 2.24) is 14.8 Å². The summed E-state index contributed by atoms with van der Waals surface area (Å²) < 4.78 is 2.47. The molecule has 0 fully saturated rings. The zero-order valence-electron chi connectivity index (χ0n) is 14.0. The fourth-order valence-electron chi connectivity index (χ4n) is 2.63. The van der Waals surface area contributed by atoms with E-state index in [4.69, 9.17) is 11.6 Å². The van der Waals surface area contributed by atoms with Crippen LogP contribution in [0, 0.1) is 13.8 Å². The number of thiazole rings is 1. The lowest BCUT2D eigenvalue weighted by Crippen LogP contribution is -2.13. The van der Waals surface area contributed by atoms with Gasteiger partial charge >= 0.3 is 0 Å². The summed E-state index contributed by atoms with van der Waals surface area (Å²) in [5, 5.41) is 13.0. The van der Waals surface area contributed by atoms with Gasteiger partial charge in [0.15, 0.2) is 5.69 Å². The minimum atomic E-state index is -0.261. The smallest absolute Gasteiger partial charge is 0.293 e.